The molecule has 3 atom stereocenters. The van der Waals surface area contributed by atoms with Crippen molar-refractivity contribution in [1.29, 1.82) is 0 Å². The van der Waals surface area contributed by atoms with Gasteiger partial charge in [0.15, 0.2) is 5.78 Å². The van der Waals surface area contributed by atoms with E-state index in [1.54, 1.807) is 0 Å². The molecule has 154 valence electrons. The van der Waals surface area contributed by atoms with Crippen molar-refractivity contribution < 1.29 is 36.7 Å². The van der Waals surface area contributed by atoms with E-state index in [9.17, 15) is 31.9 Å². The number of alkyl halides is 3. The van der Waals surface area contributed by atoms with Crippen LogP contribution in [-0.2, 0) is 19.1 Å². The number of ether oxygens (including phenoxy) is 1. The van der Waals surface area contributed by atoms with E-state index in [1.165, 1.54) is 31.2 Å². The van der Waals surface area contributed by atoms with Crippen molar-refractivity contribution in [2.24, 2.45) is 5.92 Å². The average Bonchev–Trinajstić information content (AvgIpc) is 3.03. The van der Waals surface area contributed by atoms with Crippen LogP contribution in [0.1, 0.15) is 13.3 Å². The van der Waals surface area contributed by atoms with Gasteiger partial charge in [-0.25, -0.2) is 4.39 Å². The molecule has 28 heavy (non-hydrogen) atoms. The molecule has 1 aromatic rings. The Morgan fingerprint density at radius 2 is 1.93 bits per heavy atom. The van der Waals surface area contributed by atoms with E-state index in [-0.39, 0.29) is 19.5 Å². The maximum absolute atomic E-state index is 12.8. The van der Waals surface area contributed by atoms with Gasteiger partial charge in [-0.1, -0.05) is 0 Å². The van der Waals surface area contributed by atoms with Crippen LogP contribution in [0, 0.1) is 11.7 Å². The fraction of sp³-hybridized carbons (Fsp3) is 0.471. The van der Waals surface area contributed by atoms with E-state index in [0.717, 1.165) is 0 Å². The van der Waals surface area contributed by atoms with Crippen molar-refractivity contribution in [3.63, 3.8) is 0 Å². The Hall–Kier alpha value is -2.69. The third kappa shape index (κ3) is 6.19. The van der Waals surface area contributed by atoms with Gasteiger partial charge < -0.3 is 16.0 Å². The Morgan fingerprint density at radius 3 is 2.46 bits per heavy atom. The minimum atomic E-state index is -5.11. The highest BCUT2D eigenvalue weighted by Gasteiger charge is 2.46. The third-order valence-corrected chi connectivity index (χ3v) is 4.10. The van der Waals surface area contributed by atoms with Gasteiger partial charge in [-0.05, 0) is 37.6 Å². The van der Waals surface area contributed by atoms with Gasteiger partial charge in [0.2, 0.25) is 11.8 Å². The van der Waals surface area contributed by atoms with Crippen LogP contribution in [-0.4, -0.2) is 49.2 Å². The maximum atomic E-state index is 12.8. The fourth-order valence-electron chi connectivity index (χ4n) is 2.74. The number of ketones is 1. The van der Waals surface area contributed by atoms with E-state index in [2.05, 4.69) is 20.7 Å². The molecule has 1 aliphatic heterocycles. The van der Waals surface area contributed by atoms with Gasteiger partial charge >= 0.3 is 6.36 Å². The number of halogens is 4. The SMILES string of the molecule is CC(NC(=O)CNc1ccc(F)cc1)C(=O)[C@@H](OC(F)(F)F)[C@@H]1CCNC1=O. The molecule has 0 spiro atoms. The predicted octanol–water partition coefficient (Wildman–Crippen LogP) is 1.35. The number of nitrogens with one attached hydrogen (secondary N) is 3. The molecule has 0 bridgehead atoms. The molecule has 0 aliphatic carbocycles. The van der Waals surface area contributed by atoms with Gasteiger partial charge in [0.1, 0.15) is 11.9 Å². The highest BCUT2D eigenvalue weighted by atomic mass is 19.4. The second-order valence-electron chi connectivity index (χ2n) is 6.22. The Kier molecular flexibility index (Phi) is 6.95. The van der Waals surface area contributed by atoms with Gasteiger partial charge in [-0.2, -0.15) is 0 Å². The highest BCUT2D eigenvalue weighted by molar-refractivity contribution is 5.96. The third-order valence-electron chi connectivity index (χ3n) is 4.10. The number of carbonyl (C=O) groups is 3. The number of amides is 2. The number of hydrogen-bond donors (Lipinski definition) is 3. The van der Waals surface area contributed by atoms with Crippen LogP contribution >= 0.6 is 0 Å². The lowest BCUT2D eigenvalue weighted by Crippen LogP contribution is -2.50. The summed E-state index contributed by atoms with van der Waals surface area (Å²) in [4.78, 5) is 36.1. The van der Waals surface area contributed by atoms with E-state index < -0.39 is 47.8 Å². The molecule has 7 nitrogen and oxygen atoms in total. The first-order valence-corrected chi connectivity index (χ1v) is 8.41. The van der Waals surface area contributed by atoms with Crippen molar-refractivity contribution in [1.82, 2.24) is 10.6 Å². The van der Waals surface area contributed by atoms with Gasteiger partial charge in [0.05, 0.1) is 18.5 Å². The average molecular weight is 405 g/mol. The summed E-state index contributed by atoms with van der Waals surface area (Å²) < 4.78 is 54.8. The zero-order valence-electron chi connectivity index (χ0n) is 14.8. The number of benzene rings is 1. The normalized spacial score (nSPS) is 18.9. The molecular formula is C17H19F4N3O4. The van der Waals surface area contributed by atoms with E-state index in [4.69, 9.17) is 0 Å². The molecule has 0 radical (unpaired) electrons. The highest BCUT2D eigenvalue weighted by Crippen LogP contribution is 2.27. The summed E-state index contributed by atoms with van der Waals surface area (Å²) in [5.74, 6) is -4.19. The lowest BCUT2D eigenvalue weighted by Gasteiger charge is -2.25. The summed E-state index contributed by atoms with van der Waals surface area (Å²) in [6, 6.07) is 3.82. The molecule has 2 amide bonds. The molecule has 1 heterocycles. The van der Waals surface area contributed by atoms with Crippen LogP contribution in [0.15, 0.2) is 24.3 Å². The summed E-state index contributed by atoms with van der Waals surface area (Å²) in [6.07, 6.45) is -7.15. The van der Waals surface area contributed by atoms with Crippen LogP contribution < -0.4 is 16.0 Å². The Bertz CT molecular complexity index is 724. The second-order valence-corrected chi connectivity index (χ2v) is 6.22. The number of hydrogen-bond acceptors (Lipinski definition) is 5. The minimum absolute atomic E-state index is 0.0120. The monoisotopic (exact) mass is 405 g/mol. The number of rotatable bonds is 8. The van der Waals surface area contributed by atoms with E-state index >= 15 is 0 Å². The van der Waals surface area contributed by atoms with Crippen LogP contribution in [0.2, 0.25) is 0 Å². The minimum Gasteiger partial charge on any atom is -0.376 e. The second kappa shape index (κ2) is 9.00. The number of carbonyl (C=O) groups excluding carboxylic acids is 3. The van der Waals surface area contributed by atoms with Gasteiger partial charge in [0.25, 0.3) is 0 Å². The van der Waals surface area contributed by atoms with Crippen molar-refractivity contribution in [2.45, 2.75) is 31.9 Å². The van der Waals surface area contributed by atoms with Crippen LogP contribution in [0.25, 0.3) is 0 Å². The van der Waals surface area contributed by atoms with Crippen molar-refractivity contribution in [3.8, 4) is 0 Å². The van der Waals surface area contributed by atoms with Crippen LogP contribution in [0.5, 0.6) is 0 Å². The maximum Gasteiger partial charge on any atom is 0.523 e. The molecule has 2 rings (SSSR count). The van der Waals surface area contributed by atoms with Crippen molar-refractivity contribution in [3.05, 3.63) is 30.1 Å². The van der Waals surface area contributed by atoms with Gasteiger partial charge in [0, 0.05) is 12.2 Å². The number of Topliss-reactive ketones (excluding diaryl/α,β-unsaturated/α-hetero) is 1. The molecule has 11 heteroatoms. The van der Waals surface area contributed by atoms with E-state index in [1.807, 2.05) is 0 Å². The molecule has 1 unspecified atom stereocenters. The lowest BCUT2D eigenvalue weighted by atomic mass is 9.94. The molecule has 0 saturated carbocycles. The van der Waals surface area contributed by atoms with Crippen LogP contribution in [0.3, 0.4) is 0 Å². The molecule has 1 aromatic carbocycles. The fourth-order valence-corrected chi connectivity index (χ4v) is 2.74. The summed E-state index contributed by atoms with van der Waals surface area (Å²) in [5, 5.41) is 7.29. The standard InChI is InChI=1S/C17H19F4N3O4/c1-9(24-13(25)8-23-11-4-2-10(18)3-5-11)14(26)15(28-17(19,20)21)12-6-7-22-16(12)27/h2-5,9,12,15,23H,6-8H2,1H3,(H,22,27)(H,24,25)/t9?,12-,15-/m0/s1. The molecular weight excluding hydrogens is 386 g/mol. The smallest absolute Gasteiger partial charge is 0.376 e. The molecule has 1 fully saturated rings. The zero-order chi connectivity index (χ0) is 20.9. The molecule has 1 aliphatic rings. The molecule has 1 saturated heterocycles. The largest absolute Gasteiger partial charge is 0.523 e. The quantitative estimate of drug-likeness (QED) is 0.568. The first-order chi connectivity index (χ1) is 13.1. The Balaban J connectivity index is 1.96. The topological polar surface area (TPSA) is 96.5 Å². The summed E-state index contributed by atoms with van der Waals surface area (Å²) in [6.45, 7) is 1.05. The summed E-state index contributed by atoms with van der Waals surface area (Å²) in [7, 11) is 0. The lowest BCUT2D eigenvalue weighted by molar-refractivity contribution is -0.341. The summed E-state index contributed by atoms with van der Waals surface area (Å²) >= 11 is 0. The van der Waals surface area contributed by atoms with Crippen LogP contribution in [0.4, 0.5) is 23.2 Å². The molecule has 3 N–H and O–H groups in total. The van der Waals surface area contributed by atoms with Crippen molar-refractivity contribution in [2.75, 3.05) is 18.4 Å². The van der Waals surface area contributed by atoms with Crippen molar-refractivity contribution >= 4 is 23.3 Å². The zero-order valence-corrected chi connectivity index (χ0v) is 14.8. The van der Waals surface area contributed by atoms with Gasteiger partial charge in [-0.15, -0.1) is 13.2 Å². The molecule has 0 aromatic heterocycles. The summed E-state index contributed by atoms with van der Waals surface area (Å²) in [5.41, 5.74) is 0.441. The Labute approximate surface area is 157 Å². The first-order valence-electron chi connectivity index (χ1n) is 8.41. The predicted molar refractivity (Wildman–Crippen MR) is 89.5 cm³/mol. The van der Waals surface area contributed by atoms with Gasteiger partial charge in [-0.3, -0.25) is 19.1 Å². The van der Waals surface area contributed by atoms with E-state index in [0.29, 0.717) is 5.69 Å². The first kappa shape index (κ1) is 21.6. The Morgan fingerprint density at radius 1 is 1.29 bits per heavy atom. The number of anilines is 1.